The largest absolute Gasteiger partial charge is 0.298 e. The van der Waals surface area contributed by atoms with Crippen LogP contribution in [0.4, 0.5) is 4.39 Å². The molecule has 4 nitrogen and oxygen atoms in total. The van der Waals surface area contributed by atoms with E-state index in [0.29, 0.717) is 30.1 Å². The van der Waals surface area contributed by atoms with Gasteiger partial charge in [-0.2, -0.15) is 4.39 Å². The molecule has 1 unspecified atom stereocenters. The van der Waals surface area contributed by atoms with E-state index in [0.717, 1.165) is 13.0 Å². The Balaban J connectivity index is 2.11. The minimum atomic E-state index is -3.06. The zero-order chi connectivity index (χ0) is 14.0. The lowest BCUT2D eigenvalue weighted by molar-refractivity contribution is 0.219. The summed E-state index contributed by atoms with van der Waals surface area (Å²) in [5.74, 6) is -0.589. The number of nitrogens with zero attached hydrogens (tertiary/aromatic N) is 2. The lowest BCUT2D eigenvalue weighted by Gasteiger charge is -2.31. The molecule has 1 aliphatic heterocycles. The fraction of sp³-hybridized carbons (Fsp3) is 0.583. The first kappa shape index (κ1) is 14.7. The van der Waals surface area contributed by atoms with Gasteiger partial charge in [0.2, 0.25) is 5.95 Å². The summed E-state index contributed by atoms with van der Waals surface area (Å²) in [6, 6.07) is 1.54. The predicted octanol–water partition coefficient (Wildman–Crippen LogP) is 1.88. The first-order valence-corrected chi connectivity index (χ1v) is 8.41. The van der Waals surface area contributed by atoms with E-state index >= 15 is 0 Å². The summed E-state index contributed by atoms with van der Waals surface area (Å²) in [7, 11) is -3.06. The Labute approximate surface area is 117 Å². The standard InChI is InChI=1S/C12H16ClFN2O2S/c1-19(17,18)9-3-2-6-16(7-9)8-10-11(13)4-5-15-12(10)14/h4-5,9H,2-3,6-8H2,1H3. The monoisotopic (exact) mass is 306 g/mol. The molecule has 0 radical (unpaired) electrons. The SMILES string of the molecule is CS(=O)(=O)C1CCCN(Cc2c(Cl)ccnc2F)C1. The topological polar surface area (TPSA) is 50.3 Å². The summed E-state index contributed by atoms with van der Waals surface area (Å²) >= 11 is 5.95. The number of pyridine rings is 1. The molecule has 0 saturated carbocycles. The van der Waals surface area contributed by atoms with Gasteiger partial charge >= 0.3 is 0 Å². The average molecular weight is 307 g/mol. The van der Waals surface area contributed by atoms with Gasteiger partial charge in [-0.15, -0.1) is 0 Å². The van der Waals surface area contributed by atoms with Gasteiger partial charge in [-0.3, -0.25) is 4.90 Å². The lowest BCUT2D eigenvalue weighted by atomic mass is 10.1. The molecule has 19 heavy (non-hydrogen) atoms. The fourth-order valence-corrected chi connectivity index (χ4v) is 3.59. The molecule has 0 aliphatic carbocycles. The third kappa shape index (κ3) is 3.64. The predicted molar refractivity (Wildman–Crippen MR) is 72.3 cm³/mol. The highest BCUT2D eigenvalue weighted by molar-refractivity contribution is 7.91. The van der Waals surface area contributed by atoms with Crippen molar-refractivity contribution in [2.45, 2.75) is 24.6 Å². The van der Waals surface area contributed by atoms with Gasteiger partial charge in [-0.05, 0) is 25.5 Å². The third-order valence-corrected chi connectivity index (χ3v) is 5.35. The summed E-state index contributed by atoms with van der Waals surface area (Å²) in [6.07, 6.45) is 4.02. The van der Waals surface area contributed by atoms with Crippen molar-refractivity contribution >= 4 is 21.4 Å². The second kappa shape index (κ2) is 5.73. The Bertz CT molecular complexity index is 545. The Morgan fingerprint density at radius 2 is 2.32 bits per heavy atom. The highest BCUT2D eigenvalue weighted by Crippen LogP contribution is 2.23. The van der Waals surface area contributed by atoms with Gasteiger partial charge in [0.25, 0.3) is 0 Å². The van der Waals surface area contributed by atoms with E-state index in [1.807, 2.05) is 4.90 Å². The summed E-state index contributed by atoms with van der Waals surface area (Å²) < 4.78 is 36.8. The maximum Gasteiger partial charge on any atom is 0.218 e. The van der Waals surface area contributed by atoms with Crippen LogP contribution in [0.1, 0.15) is 18.4 Å². The fourth-order valence-electron chi connectivity index (χ4n) is 2.32. The van der Waals surface area contributed by atoms with E-state index in [9.17, 15) is 12.8 Å². The lowest BCUT2D eigenvalue weighted by Crippen LogP contribution is -2.41. The van der Waals surface area contributed by atoms with Crippen LogP contribution in [0, 0.1) is 5.95 Å². The number of piperidine rings is 1. The van der Waals surface area contributed by atoms with Crippen LogP contribution in [0.2, 0.25) is 5.02 Å². The van der Waals surface area contributed by atoms with Gasteiger partial charge in [0.15, 0.2) is 9.84 Å². The van der Waals surface area contributed by atoms with Crippen molar-refractivity contribution in [1.29, 1.82) is 0 Å². The number of hydrogen-bond donors (Lipinski definition) is 0. The molecule has 2 heterocycles. The minimum Gasteiger partial charge on any atom is -0.298 e. The van der Waals surface area contributed by atoms with Crippen molar-refractivity contribution in [3.05, 3.63) is 28.8 Å². The Morgan fingerprint density at radius 3 is 2.95 bits per heavy atom. The Hall–Kier alpha value is -0.720. The van der Waals surface area contributed by atoms with Crippen LogP contribution in [0.3, 0.4) is 0 Å². The summed E-state index contributed by atoms with van der Waals surface area (Å²) in [5, 5.41) is -0.0475. The molecule has 2 rings (SSSR count). The van der Waals surface area contributed by atoms with Crippen LogP contribution in [-0.2, 0) is 16.4 Å². The van der Waals surface area contributed by atoms with Crippen LogP contribution in [0.25, 0.3) is 0 Å². The molecule has 106 valence electrons. The quantitative estimate of drug-likeness (QED) is 0.800. The Morgan fingerprint density at radius 1 is 1.58 bits per heavy atom. The van der Waals surface area contributed by atoms with Crippen molar-refractivity contribution in [2.75, 3.05) is 19.3 Å². The minimum absolute atomic E-state index is 0.296. The van der Waals surface area contributed by atoms with Crippen LogP contribution in [0.15, 0.2) is 12.3 Å². The normalized spacial score (nSPS) is 21.5. The van der Waals surface area contributed by atoms with E-state index < -0.39 is 15.8 Å². The molecule has 1 aromatic heterocycles. The van der Waals surface area contributed by atoms with E-state index in [-0.39, 0.29) is 5.25 Å². The van der Waals surface area contributed by atoms with Crippen molar-refractivity contribution in [3.63, 3.8) is 0 Å². The Kier molecular flexibility index (Phi) is 4.43. The highest BCUT2D eigenvalue weighted by atomic mass is 35.5. The molecule has 7 heteroatoms. The molecule has 1 fully saturated rings. The molecule has 0 spiro atoms. The second-order valence-corrected chi connectivity index (χ2v) is 7.62. The summed E-state index contributed by atoms with van der Waals surface area (Å²) in [4.78, 5) is 5.50. The molecule has 1 atom stereocenters. The van der Waals surface area contributed by atoms with E-state index in [4.69, 9.17) is 11.6 Å². The first-order valence-electron chi connectivity index (χ1n) is 6.08. The maximum atomic E-state index is 13.6. The molecule has 0 amide bonds. The first-order chi connectivity index (χ1) is 8.88. The smallest absolute Gasteiger partial charge is 0.218 e. The van der Waals surface area contributed by atoms with Gasteiger partial charge < -0.3 is 0 Å². The van der Waals surface area contributed by atoms with Crippen LogP contribution in [0.5, 0.6) is 0 Å². The van der Waals surface area contributed by atoms with Crippen LogP contribution < -0.4 is 0 Å². The van der Waals surface area contributed by atoms with Gasteiger partial charge in [-0.1, -0.05) is 11.6 Å². The molecule has 0 bridgehead atoms. The van der Waals surface area contributed by atoms with Crippen molar-refractivity contribution < 1.29 is 12.8 Å². The summed E-state index contributed by atoms with van der Waals surface area (Å²) in [6.45, 7) is 1.46. The number of hydrogen-bond acceptors (Lipinski definition) is 4. The van der Waals surface area contributed by atoms with E-state index in [1.54, 1.807) is 0 Å². The van der Waals surface area contributed by atoms with Gasteiger partial charge in [0, 0.05) is 31.1 Å². The van der Waals surface area contributed by atoms with Gasteiger partial charge in [0.1, 0.15) is 0 Å². The number of likely N-dealkylation sites (tertiary alicyclic amines) is 1. The number of halogens is 2. The number of rotatable bonds is 3. The number of sulfone groups is 1. The number of aromatic nitrogens is 1. The molecule has 0 aromatic carbocycles. The molecular formula is C12H16ClFN2O2S. The van der Waals surface area contributed by atoms with Crippen LogP contribution in [-0.4, -0.2) is 42.9 Å². The molecule has 0 N–H and O–H groups in total. The van der Waals surface area contributed by atoms with Gasteiger partial charge in [0.05, 0.1) is 10.3 Å². The zero-order valence-corrected chi connectivity index (χ0v) is 12.2. The van der Waals surface area contributed by atoms with E-state index in [2.05, 4.69) is 4.98 Å². The highest BCUT2D eigenvalue weighted by Gasteiger charge is 2.28. The second-order valence-electron chi connectivity index (χ2n) is 4.89. The van der Waals surface area contributed by atoms with E-state index in [1.165, 1.54) is 18.5 Å². The molecule has 1 aliphatic rings. The van der Waals surface area contributed by atoms with Crippen LogP contribution >= 0.6 is 11.6 Å². The molecule has 1 saturated heterocycles. The molecular weight excluding hydrogens is 291 g/mol. The third-order valence-electron chi connectivity index (χ3n) is 3.40. The average Bonchev–Trinajstić information content (AvgIpc) is 2.33. The maximum absolute atomic E-state index is 13.6. The summed E-state index contributed by atoms with van der Waals surface area (Å²) in [5.41, 5.74) is 0.332. The zero-order valence-electron chi connectivity index (χ0n) is 10.6. The van der Waals surface area contributed by atoms with Crippen molar-refractivity contribution in [3.8, 4) is 0 Å². The van der Waals surface area contributed by atoms with Gasteiger partial charge in [-0.25, -0.2) is 13.4 Å². The van der Waals surface area contributed by atoms with Crippen molar-refractivity contribution in [2.24, 2.45) is 0 Å². The molecule has 1 aromatic rings. The van der Waals surface area contributed by atoms with Crippen molar-refractivity contribution in [1.82, 2.24) is 9.88 Å².